The predicted octanol–water partition coefficient (Wildman–Crippen LogP) is 1.74. The highest BCUT2D eigenvalue weighted by molar-refractivity contribution is 5.99. The van der Waals surface area contributed by atoms with Crippen LogP contribution in [0.5, 0.6) is 5.75 Å². The van der Waals surface area contributed by atoms with Crippen LogP contribution < -0.4 is 20.7 Å². The van der Waals surface area contributed by atoms with E-state index in [1.807, 2.05) is 13.8 Å². The summed E-state index contributed by atoms with van der Waals surface area (Å²) in [6.45, 7) is 5.42. The average Bonchev–Trinajstić information content (AvgIpc) is 3.10. The van der Waals surface area contributed by atoms with Gasteiger partial charge in [-0.25, -0.2) is 0 Å². The zero-order valence-corrected chi connectivity index (χ0v) is 15.8. The van der Waals surface area contributed by atoms with Crippen LogP contribution in [-0.2, 0) is 4.79 Å². The second kappa shape index (κ2) is 10.3. The van der Waals surface area contributed by atoms with E-state index < -0.39 is 6.04 Å². The van der Waals surface area contributed by atoms with Gasteiger partial charge in [0, 0.05) is 12.6 Å². The van der Waals surface area contributed by atoms with Crippen LogP contribution in [0.3, 0.4) is 0 Å². The molecule has 0 aliphatic carbocycles. The Morgan fingerprint density at radius 2 is 2.04 bits per heavy atom. The number of benzene rings is 1. The summed E-state index contributed by atoms with van der Waals surface area (Å²) < 4.78 is 5.21. The molecule has 0 aromatic heterocycles. The number of amides is 2. The normalized spacial score (nSPS) is 17.5. The first-order valence-electron chi connectivity index (χ1n) is 8.48. The van der Waals surface area contributed by atoms with Crippen molar-refractivity contribution >= 4 is 24.2 Å². The third-order valence-electron chi connectivity index (χ3n) is 4.27. The number of hydrogen-bond acceptors (Lipinski definition) is 4. The Hall–Kier alpha value is -1.79. The summed E-state index contributed by atoms with van der Waals surface area (Å²) in [5.74, 6) is 0.0236. The molecule has 1 aromatic carbocycles. The minimum Gasteiger partial charge on any atom is -0.496 e. The Morgan fingerprint density at radius 3 is 2.64 bits per heavy atom. The van der Waals surface area contributed by atoms with Crippen molar-refractivity contribution in [3.05, 3.63) is 29.8 Å². The lowest BCUT2D eigenvalue weighted by atomic mass is 10.0. The average molecular weight is 370 g/mol. The molecule has 1 aliphatic heterocycles. The molecule has 1 fully saturated rings. The predicted molar refractivity (Wildman–Crippen MR) is 100 cm³/mol. The molecule has 1 aromatic rings. The molecular weight excluding hydrogens is 342 g/mol. The van der Waals surface area contributed by atoms with Gasteiger partial charge in [-0.1, -0.05) is 26.0 Å². The molecule has 3 N–H and O–H groups in total. The first-order valence-corrected chi connectivity index (χ1v) is 8.48. The fraction of sp³-hybridized carbons (Fsp3) is 0.556. The molecule has 0 spiro atoms. The van der Waals surface area contributed by atoms with E-state index in [1.165, 1.54) is 7.11 Å². The van der Waals surface area contributed by atoms with Crippen molar-refractivity contribution in [1.82, 2.24) is 16.0 Å². The molecular formula is C18H28ClN3O3. The maximum absolute atomic E-state index is 12.5. The van der Waals surface area contributed by atoms with Crippen molar-refractivity contribution < 1.29 is 14.3 Å². The Kier molecular flexibility index (Phi) is 8.72. The molecule has 1 aliphatic rings. The summed E-state index contributed by atoms with van der Waals surface area (Å²) in [4.78, 5) is 25.0. The topological polar surface area (TPSA) is 79.5 Å². The first kappa shape index (κ1) is 21.3. The summed E-state index contributed by atoms with van der Waals surface area (Å²) >= 11 is 0. The highest BCUT2D eigenvalue weighted by atomic mass is 35.5. The standard InChI is InChI=1S/C18H27N3O3.ClH/c1-12(2)16(18(23)20-11-13-7-6-10-19-13)21-17(22)14-8-4-5-9-15(14)24-3;/h4-5,8-9,12-13,16,19H,6-7,10-11H2,1-3H3,(H,20,23)(H,21,22);1H. The number of ether oxygens (including phenoxy) is 1. The van der Waals surface area contributed by atoms with Gasteiger partial charge in [0.15, 0.2) is 0 Å². The van der Waals surface area contributed by atoms with Crippen molar-refractivity contribution in [2.45, 2.75) is 38.8 Å². The van der Waals surface area contributed by atoms with Crippen LogP contribution in [0.15, 0.2) is 24.3 Å². The van der Waals surface area contributed by atoms with Gasteiger partial charge < -0.3 is 20.7 Å². The van der Waals surface area contributed by atoms with E-state index in [-0.39, 0.29) is 30.1 Å². The molecule has 0 radical (unpaired) electrons. The third-order valence-corrected chi connectivity index (χ3v) is 4.27. The molecule has 1 saturated heterocycles. The Morgan fingerprint density at radius 1 is 1.32 bits per heavy atom. The highest BCUT2D eigenvalue weighted by Gasteiger charge is 2.26. The van der Waals surface area contributed by atoms with Crippen molar-refractivity contribution in [3.8, 4) is 5.75 Å². The summed E-state index contributed by atoms with van der Waals surface area (Å²) in [7, 11) is 1.52. The molecule has 2 amide bonds. The Balaban J connectivity index is 0.00000312. The van der Waals surface area contributed by atoms with Crippen LogP contribution in [0.25, 0.3) is 0 Å². The maximum Gasteiger partial charge on any atom is 0.255 e. The third kappa shape index (κ3) is 5.90. The van der Waals surface area contributed by atoms with Crippen molar-refractivity contribution in [1.29, 1.82) is 0 Å². The largest absolute Gasteiger partial charge is 0.496 e. The number of rotatable bonds is 7. The molecule has 7 heteroatoms. The highest BCUT2D eigenvalue weighted by Crippen LogP contribution is 2.17. The van der Waals surface area contributed by atoms with Crippen molar-refractivity contribution in [3.63, 3.8) is 0 Å². The minimum absolute atomic E-state index is 0. The van der Waals surface area contributed by atoms with Gasteiger partial charge in [0.05, 0.1) is 12.7 Å². The van der Waals surface area contributed by atoms with E-state index in [4.69, 9.17) is 4.74 Å². The molecule has 0 bridgehead atoms. The molecule has 2 atom stereocenters. The summed E-state index contributed by atoms with van der Waals surface area (Å²) in [5.41, 5.74) is 0.427. The van der Waals surface area contributed by atoms with Gasteiger partial charge in [-0.2, -0.15) is 0 Å². The van der Waals surface area contributed by atoms with Crippen molar-refractivity contribution in [2.75, 3.05) is 20.2 Å². The first-order chi connectivity index (χ1) is 11.5. The van der Waals surface area contributed by atoms with E-state index >= 15 is 0 Å². The van der Waals surface area contributed by atoms with Gasteiger partial charge >= 0.3 is 0 Å². The van der Waals surface area contributed by atoms with Crippen LogP contribution in [0.4, 0.5) is 0 Å². The quantitative estimate of drug-likeness (QED) is 0.684. The zero-order valence-electron chi connectivity index (χ0n) is 15.0. The maximum atomic E-state index is 12.5. The number of carbonyl (C=O) groups excluding carboxylic acids is 2. The molecule has 1 heterocycles. The van der Waals surface area contributed by atoms with Crippen LogP contribution in [-0.4, -0.2) is 44.1 Å². The SMILES string of the molecule is COc1ccccc1C(=O)NC(C(=O)NCC1CCCN1)C(C)C.Cl. The van der Waals surface area contributed by atoms with Gasteiger partial charge in [-0.05, 0) is 37.4 Å². The van der Waals surface area contributed by atoms with Gasteiger partial charge in [0.1, 0.15) is 11.8 Å². The van der Waals surface area contributed by atoms with Gasteiger partial charge in [-0.3, -0.25) is 9.59 Å². The molecule has 2 rings (SSSR count). The Bertz CT molecular complexity index is 574. The molecule has 2 unspecified atom stereocenters. The zero-order chi connectivity index (χ0) is 17.5. The van der Waals surface area contributed by atoms with Gasteiger partial charge in [0.2, 0.25) is 5.91 Å². The van der Waals surface area contributed by atoms with Crippen LogP contribution in [0, 0.1) is 5.92 Å². The lowest BCUT2D eigenvalue weighted by Gasteiger charge is -2.23. The fourth-order valence-electron chi connectivity index (χ4n) is 2.85. The number of carbonyl (C=O) groups is 2. The number of para-hydroxylation sites is 1. The van der Waals surface area contributed by atoms with Crippen LogP contribution in [0.2, 0.25) is 0 Å². The molecule has 140 valence electrons. The lowest BCUT2D eigenvalue weighted by molar-refractivity contribution is -0.124. The number of nitrogens with one attached hydrogen (secondary N) is 3. The number of hydrogen-bond donors (Lipinski definition) is 3. The van der Waals surface area contributed by atoms with E-state index in [9.17, 15) is 9.59 Å². The number of methoxy groups -OCH3 is 1. The minimum atomic E-state index is -0.580. The summed E-state index contributed by atoms with van der Waals surface area (Å²) in [6.07, 6.45) is 2.21. The monoisotopic (exact) mass is 369 g/mol. The Labute approximate surface area is 155 Å². The van der Waals surface area contributed by atoms with E-state index in [0.717, 1.165) is 19.4 Å². The van der Waals surface area contributed by atoms with Gasteiger partial charge in [0.25, 0.3) is 5.91 Å². The smallest absolute Gasteiger partial charge is 0.255 e. The van der Waals surface area contributed by atoms with Crippen LogP contribution in [0.1, 0.15) is 37.0 Å². The van der Waals surface area contributed by atoms with Crippen molar-refractivity contribution in [2.24, 2.45) is 5.92 Å². The lowest BCUT2D eigenvalue weighted by Crippen LogP contribution is -2.51. The second-order valence-electron chi connectivity index (χ2n) is 6.43. The number of halogens is 1. The van der Waals surface area contributed by atoms with E-state index in [1.54, 1.807) is 24.3 Å². The van der Waals surface area contributed by atoms with E-state index in [2.05, 4.69) is 16.0 Å². The summed E-state index contributed by atoms with van der Waals surface area (Å²) in [5, 5.41) is 9.12. The second-order valence-corrected chi connectivity index (χ2v) is 6.43. The molecule has 6 nitrogen and oxygen atoms in total. The van der Waals surface area contributed by atoms with Gasteiger partial charge in [-0.15, -0.1) is 12.4 Å². The molecule has 0 saturated carbocycles. The van der Waals surface area contributed by atoms with Crippen LogP contribution >= 0.6 is 12.4 Å². The molecule has 25 heavy (non-hydrogen) atoms. The van der Waals surface area contributed by atoms with E-state index in [0.29, 0.717) is 23.9 Å². The fourth-order valence-corrected chi connectivity index (χ4v) is 2.85. The summed E-state index contributed by atoms with van der Waals surface area (Å²) in [6, 6.07) is 6.73.